The van der Waals surface area contributed by atoms with Gasteiger partial charge >= 0.3 is 12.1 Å². The first-order valence-corrected chi connectivity index (χ1v) is 22.2. The third-order valence-electron chi connectivity index (χ3n) is 10.5. The van der Waals surface area contributed by atoms with E-state index in [1.54, 1.807) is 25.1 Å². The Labute approximate surface area is 380 Å². The maximum atomic E-state index is 14.1. The highest BCUT2D eigenvalue weighted by Crippen LogP contribution is 2.34. The molecular weight excluding hydrogens is 810 g/mol. The molecule has 0 unspecified atom stereocenters. The SMILES string of the molecule is CCOC(=O)c1cc2ccc(N(Cc3cc(OCc4cc(C(C)(C)C)cc(C(C)(C)C)c4)cc(OCc4cc(C(C)(C)C)cc(C(C)(C)C)c4)c3)C(=O)OC(C)(C)C)nc2nc1Cl. The molecule has 0 saturated heterocycles. The summed E-state index contributed by atoms with van der Waals surface area (Å²) in [6.07, 6.45) is -0.611. The van der Waals surface area contributed by atoms with Crippen molar-refractivity contribution in [2.24, 2.45) is 0 Å². The Morgan fingerprint density at radius 1 is 0.587 bits per heavy atom. The van der Waals surface area contributed by atoms with Gasteiger partial charge in [-0.15, -0.1) is 0 Å². The Morgan fingerprint density at radius 3 is 1.46 bits per heavy atom. The number of hydrogen-bond acceptors (Lipinski definition) is 8. The summed E-state index contributed by atoms with van der Waals surface area (Å²) in [5.74, 6) is 0.857. The number of anilines is 1. The van der Waals surface area contributed by atoms with E-state index in [9.17, 15) is 9.59 Å². The van der Waals surface area contributed by atoms with Gasteiger partial charge in [-0.25, -0.2) is 19.6 Å². The summed E-state index contributed by atoms with van der Waals surface area (Å²) in [4.78, 5) is 37.3. The lowest BCUT2D eigenvalue weighted by Gasteiger charge is -2.27. The van der Waals surface area contributed by atoms with Gasteiger partial charge in [0.05, 0.1) is 18.7 Å². The van der Waals surface area contributed by atoms with Gasteiger partial charge in [0.2, 0.25) is 0 Å². The van der Waals surface area contributed by atoms with Crippen LogP contribution in [0.1, 0.15) is 160 Å². The number of carbonyl (C=O) groups is 2. The third kappa shape index (κ3) is 13.2. The van der Waals surface area contributed by atoms with Gasteiger partial charge in [0.1, 0.15) is 41.3 Å². The Balaban J connectivity index is 1.59. The summed E-state index contributed by atoms with van der Waals surface area (Å²) in [5, 5.41) is 0.503. The van der Waals surface area contributed by atoms with Crippen LogP contribution in [-0.2, 0) is 50.9 Å². The molecule has 5 aromatic rings. The lowest BCUT2D eigenvalue weighted by Crippen LogP contribution is -2.37. The summed E-state index contributed by atoms with van der Waals surface area (Å²) in [5.41, 5.74) is 7.14. The lowest BCUT2D eigenvalue weighted by molar-refractivity contribution is 0.0524. The number of pyridine rings is 2. The molecule has 9 nitrogen and oxygen atoms in total. The predicted molar refractivity (Wildman–Crippen MR) is 256 cm³/mol. The topological polar surface area (TPSA) is 100 Å². The summed E-state index contributed by atoms with van der Waals surface area (Å²) in [6, 6.07) is 24.2. The molecule has 0 N–H and O–H groups in total. The molecule has 0 radical (unpaired) electrons. The highest BCUT2D eigenvalue weighted by Gasteiger charge is 2.27. The number of benzene rings is 3. The van der Waals surface area contributed by atoms with Crippen molar-refractivity contribution in [1.29, 1.82) is 0 Å². The van der Waals surface area contributed by atoms with Gasteiger partial charge in [-0.1, -0.05) is 131 Å². The van der Waals surface area contributed by atoms with Crippen LogP contribution >= 0.6 is 11.6 Å². The largest absolute Gasteiger partial charge is 0.489 e. The molecule has 5 rings (SSSR count). The number of fused-ring (bicyclic) bond motifs is 1. The predicted octanol–water partition coefficient (Wildman–Crippen LogP) is 13.7. The van der Waals surface area contributed by atoms with Gasteiger partial charge < -0.3 is 18.9 Å². The van der Waals surface area contributed by atoms with Crippen LogP contribution in [0.5, 0.6) is 11.5 Å². The van der Waals surface area contributed by atoms with E-state index < -0.39 is 17.7 Å². The monoisotopic (exact) mass is 877 g/mol. The van der Waals surface area contributed by atoms with Crippen molar-refractivity contribution in [3.05, 3.63) is 122 Å². The zero-order valence-electron chi connectivity index (χ0n) is 40.4. The van der Waals surface area contributed by atoms with E-state index in [1.807, 2.05) is 39.0 Å². The van der Waals surface area contributed by atoms with Gasteiger partial charge in [0.25, 0.3) is 0 Å². The number of esters is 1. The highest BCUT2D eigenvalue weighted by molar-refractivity contribution is 6.32. The number of ether oxygens (including phenoxy) is 4. The number of rotatable bonds is 11. The fourth-order valence-corrected chi connectivity index (χ4v) is 6.98. The first-order chi connectivity index (χ1) is 29.0. The van der Waals surface area contributed by atoms with E-state index in [0.717, 1.165) is 16.7 Å². The minimum atomic E-state index is -0.803. The summed E-state index contributed by atoms with van der Waals surface area (Å²) in [7, 11) is 0. The molecule has 63 heavy (non-hydrogen) atoms. The third-order valence-corrected chi connectivity index (χ3v) is 10.8. The Bertz CT molecular complexity index is 2300. The minimum Gasteiger partial charge on any atom is -0.489 e. The van der Waals surface area contributed by atoms with Crippen molar-refractivity contribution < 1.29 is 28.5 Å². The highest BCUT2D eigenvalue weighted by atomic mass is 35.5. The van der Waals surface area contributed by atoms with Crippen LogP contribution < -0.4 is 14.4 Å². The molecule has 0 bridgehead atoms. The van der Waals surface area contributed by atoms with E-state index >= 15 is 0 Å². The van der Waals surface area contributed by atoms with Crippen LogP contribution in [0.15, 0.2) is 72.8 Å². The number of aromatic nitrogens is 2. The van der Waals surface area contributed by atoms with E-state index in [1.165, 1.54) is 27.2 Å². The second-order valence-corrected chi connectivity index (χ2v) is 21.9. The normalized spacial score (nSPS) is 12.6. The average molecular weight is 879 g/mol. The molecule has 0 fully saturated rings. The lowest BCUT2D eigenvalue weighted by atomic mass is 9.79. The van der Waals surface area contributed by atoms with E-state index in [4.69, 9.17) is 35.5 Å². The number of carbonyl (C=O) groups excluding carboxylic acids is 2. The molecule has 338 valence electrons. The molecule has 3 aromatic carbocycles. The van der Waals surface area contributed by atoms with Crippen LogP contribution in [0.4, 0.5) is 10.6 Å². The summed E-state index contributed by atoms with van der Waals surface area (Å²) in [6.45, 7) is 34.7. The molecule has 0 atom stereocenters. The molecule has 2 aromatic heterocycles. The first kappa shape index (κ1) is 48.9. The van der Waals surface area contributed by atoms with Crippen LogP contribution in [0.3, 0.4) is 0 Å². The van der Waals surface area contributed by atoms with E-state index in [2.05, 4.69) is 124 Å². The Kier molecular flexibility index (Phi) is 14.4. The van der Waals surface area contributed by atoms with Crippen LogP contribution in [0.2, 0.25) is 5.15 Å². The molecule has 1 amide bonds. The van der Waals surface area contributed by atoms with Crippen molar-refractivity contribution >= 4 is 40.5 Å². The number of hydrogen-bond donors (Lipinski definition) is 0. The van der Waals surface area contributed by atoms with Crippen LogP contribution in [-0.4, -0.2) is 34.2 Å². The van der Waals surface area contributed by atoms with Gasteiger partial charge in [0.15, 0.2) is 5.65 Å². The van der Waals surface area contributed by atoms with Gasteiger partial charge in [-0.3, -0.25) is 4.90 Å². The Morgan fingerprint density at radius 2 is 1.05 bits per heavy atom. The molecular formula is C53H68ClN3O6. The smallest absolute Gasteiger partial charge is 0.416 e. The van der Waals surface area contributed by atoms with Gasteiger partial charge in [-0.05, 0) is 119 Å². The molecule has 10 heteroatoms. The number of halogens is 1. The fraction of sp³-hybridized carbons (Fsp3) is 0.472. The fourth-order valence-electron chi connectivity index (χ4n) is 6.77. The maximum absolute atomic E-state index is 14.1. The van der Waals surface area contributed by atoms with Crippen LogP contribution in [0.25, 0.3) is 11.0 Å². The van der Waals surface area contributed by atoms with Crippen LogP contribution in [0, 0.1) is 0 Å². The number of nitrogens with zero attached hydrogens (tertiary/aromatic N) is 3. The van der Waals surface area contributed by atoms with Crippen molar-refractivity contribution in [2.75, 3.05) is 11.5 Å². The summed E-state index contributed by atoms with van der Waals surface area (Å²) >= 11 is 6.47. The first-order valence-electron chi connectivity index (χ1n) is 21.8. The van der Waals surface area contributed by atoms with E-state index in [0.29, 0.717) is 30.1 Å². The summed E-state index contributed by atoms with van der Waals surface area (Å²) < 4.78 is 24.4. The molecule has 0 spiro atoms. The number of amides is 1. The molecule has 0 aliphatic heterocycles. The maximum Gasteiger partial charge on any atom is 0.416 e. The second kappa shape index (κ2) is 18.5. The molecule has 2 heterocycles. The van der Waals surface area contributed by atoms with Gasteiger partial charge in [-0.2, -0.15) is 0 Å². The molecule has 0 aliphatic carbocycles. The van der Waals surface area contributed by atoms with Crippen molar-refractivity contribution in [3.63, 3.8) is 0 Å². The second-order valence-electron chi connectivity index (χ2n) is 21.6. The zero-order chi connectivity index (χ0) is 46.9. The van der Waals surface area contributed by atoms with E-state index in [-0.39, 0.29) is 57.0 Å². The molecule has 0 saturated carbocycles. The van der Waals surface area contributed by atoms with Crippen molar-refractivity contribution in [1.82, 2.24) is 9.97 Å². The zero-order valence-corrected chi connectivity index (χ0v) is 41.2. The van der Waals surface area contributed by atoms with Crippen molar-refractivity contribution in [2.45, 2.75) is 158 Å². The van der Waals surface area contributed by atoms with Crippen molar-refractivity contribution in [3.8, 4) is 11.5 Å². The standard InChI is InChI=1S/C53H68ClN3O6/c1-17-60-47(58)43-26-36-18-19-44(55-46(36)56-45(43)54)57(48(59)63-53(14,15)16)30-33-24-41(61-31-34-20-37(49(2,3)4)27-38(21-34)50(5,6)7)29-42(25-33)62-32-35-22-39(51(8,9)10)28-40(23-35)52(11,12)13/h18-29H,17,30-32H2,1-16H3. The Hall–Kier alpha value is -5.15. The minimum absolute atomic E-state index is 0.0497. The quantitative estimate of drug-likeness (QED) is 0.0955. The molecule has 0 aliphatic rings. The average Bonchev–Trinajstić information content (AvgIpc) is 3.15. The van der Waals surface area contributed by atoms with Gasteiger partial charge in [0, 0.05) is 11.5 Å².